The van der Waals surface area contributed by atoms with E-state index >= 15 is 0 Å². The molecule has 144 valence electrons. The SMILES string of the molecule is COc1cccc(C)c1C1SCC(=O)N1Cc1ccc(OC(F)(F)F)cc1. The number of rotatable bonds is 5. The molecule has 1 amide bonds. The van der Waals surface area contributed by atoms with Gasteiger partial charge in [0.25, 0.3) is 0 Å². The fourth-order valence-electron chi connectivity index (χ4n) is 3.01. The topological polar surface area (TPSA) is 38.8 Å². The van der Waals surface area contributed by atoms with E-state index in [9.17, 15) is 18.0 Å². The molecule has 2 aromatic rings. The number of hydrogen-bond donors (Lipinski definition) is 0. The van der Waals surface area contributed by atoms with Crippen LogP contribution in [0.1, 0.15) is 22.1 Å². The summed E-state index contributed by atoms with van der Waals surface area (Å²) < 4.78 is 46.2. The predicted molar refractivity (Wildman–Crippen MR) is 96.6 cm³/mol. The van der Waals surface area contributed by atoms with Crippen LogP contribution >= 0.6 is 11.8 Å². The Morgan fingerprint density at radius 3 is 2.52 bits per heavy atom. The number of nitrogens with zero attached hydrogens (tertiary/aromatic N) is 1. The van der Waals surface area contributed by atoms with Crippen molar-refractivity contribution in [3.8, 4) is 11.5 Å². The molecule has 3 rings (SSSR count). The maximum atomic E-state index is 12.4. The first-order valence-electron chi connectivity index (χ1n) is 8.18. The minimum atomic E-state index is -4.73. The van der Waals surface area contributed by atoms with Crippen molar-refractivity contribution in [3.63, 3.8) is 0 Å². The lowest BCUT2D eigenvalue weighted by molar-refractivity contribution is -0.274. The highest BCUT2D eigenvalue weighted by atomic mass is 32.2. The van der Waals surface area contributed by atoms with Gasteiger partial charge in [-0.25, -0.2) is 0 Å². The number of carbonyl (C=O) groups excluding carboxylic acids is 1. The van der Waals surface area contributed by atoms with Gasteiger partial charge < -0.3 is 14.4 Å². The van der Waals surface area contributed by atoms with Crippen LogP contribution in [0, 0.1) is 6.92 Å². The van der Waals surface area contributed by atoms with E-state index in [0.29, 0.717) is 18.0 Å². The van der Waals surface area contributed by atoms with Crippen LogP contribution in [0.25, 0.3) is 0 Å². The number of benzene rings is 2. The predicted octanol–water partition coefficient (Wildman–Crippen LogP) is 4.68. The number of carbonyl (C=O) groups is 1. The van der Waals surface area contributed by atoms with Crippen LogP contribution in [-0.2, 0) is 11.3 Å². The summed E-state index contributed by atoms with van der Waals surface area (Å²) >= 11 is 1.51. The van der Waals surface area contributed by atoms with Gasteiger partial charge in [-0.1, -0.05) is 24.3 Å². The Labute approximate surface area is 159 Å². The van der Waals surface area contributed by atoms with Crippen molar-refractivity contribution in [3.05, 3.63) is 59.2 Å². The second-order valence-corrected chi connectivity index (χ2v) is 7.14. The molecular weight excluding hydrogens is 379 g/mol. The third-order valence-corrected chi connectivity index (χ3v) is 5.45. The van der Waals surface area contributed by atoms with Crippen molar-refractivity contribution >= 4 is 17.7 Å². The highest BCUT2D eigenvalue weighted by Crippen LogP contribution is 2.44. The molecule has 27 heavy (non-hydrogen) atoms. The Morgan fingerprint density at radius 1 is 1.19 bits per heavy atom. The maximum absolute atomic E-state index is 12.4. The normalized spacial score (nSPS) is 17.3. The first-order valence-corrected chi connectivity index (χ1v) is 9.22. The van der Waals surface area contributed by atoms with E-state index in [1.165, 1.54) is 36.0 Å². The molecule has 8 heteroatoms. The standard InChI is InChI=1S/C19H18F3NO3S/c1-12-4-3-5-15(25-2)17(12)18-23(16(24)11-27-18)10-13-6-8-14(9-7-13)26-19(20,21)22/h3-9,18H,10-11H2,1-2H3. The van der Waals surface area contributed by atoms with E-state index < -0.39 is 6.36 Å². The first kappa shape index (κ1) is 19.4. The summed E-state index contributed by atoms with van der Waals surface area (Å²) in [5.41, 5.74) is 2.67. The minimum Gasteiger partial charge on any atom is -0.496 e. The van der Waals surface area contributed by atoms with Crippen molar-refractivity contribution in [1.29, 1.82) is 0 Å². The van der Waals surface area contributed by atoms with Gasteiger partial charge >= 0.3 is 6.36 Å². The van der Waals surface area contributed by atoms with Gasteiger partial charge in [0.2, 0.25) is 5.91 Å². The molecule has 1 unspecified atom stereocenters. The molecule has 1 atom stereocenters. The Morgan fingerprint density at radius 2 is 1.89 bits per heavy atom. The molecule has 0 radical (unpaired) electrons. The average Bonchev–Trinajstić information content (AvgIpc) is 2.95. The minimum absolute atomic E-state index is 0.0223. The van der Waals surface area contributed by atoms with Gasteiger partial charge in [0.15, 0.2) is 0 Å². The highest BCUT2D eigenvalue weighted by molar-refractivity contribution is 8.00. The number of ether oxygens (including phenoxy) is 2. The quantitative estimate of drug-likeness (QED) is 0.735. The first-order chi connectivity index (χ1) is 12.8. The van der Waals surface area contributed by atoms with Gasteiger partial charge in [0, 0.05) is 12.1 Å². The number of hydrogen-bond acceptors (Lipinski definition) is 4. The van der Waals surface area contributed by atoms with Gasteiger partial charge in [0.05, 0.1) is 12.9 Å². The summed E-state index contributed by atoms with van der Waals surface area (Å²) in [6.45, 7) is 2.25. The van der Waals surface area contributed by atoms with E-state index in [2.05, 4.69) is 4.74 Å². The zero-order valence-corrected chi connectivity index (χ0v) is 15.6. The van der Waals surface area contributed by atoms with Gasteiger partial charge in [-0.15, -0.1) is 24.9 Å². The lowest BCUT2D eigenvalue weighted by Crippen LogP contribution is -2.28. The largest absolute Gasteiger partial charge is 0.573 e. The van der Waals surface area contributed by atoms with Crippen molar-refractivity contribution < 1.29 is 27.4 Å². The molecular formula is C19H18F3NO3S. The van der Waals surface area contributed by atoms with Crippen molar-refractivity contribution in [2.24, 2.45) is 0 Å². The Kier molecular flexibility index (Phi) is 5.55. The molecule has 0 aromatic heterocycles. The second-order valence-electron chi connectivity index (χ2n) is 6.07. The van der Waals surface area contributed by atoms with Crippen LogP contribution in [-0.4, -0.2) is 30.0 Å². The molecule has 0 saturated carbocycles. The van der Waals surface area contributed by atoms with Crippen LogP contribution < -0.4 is 9.47 Å². The Bertz CT molecular complexity index is 824. The van der Waals surface area contributed by atoms with Gasteiger partial charge in [-0.3, -0.25) is 4.79 Å². The number of amides is 1. The molecule has 1 heterocycles. The van der Waals surface area contributed by atoms with Crippen LogP contribution in [0.15, 0.2) is 42.5 Å². The molecule has 2 aromatic carbocycles. The maximum Gasteiger partial charge on any atom is 0.573 e. The molecule has 4 nitrogen and oxygen atoms in total. The van der Waals surface area contributed by atoms with Crippen LogP contribution in [0.4, 0.5) is 13.2 Å². The molecule has 1 saturated heterocycles. The monoisotopic (exact) mass is 397 g/mol. The lowest BCUT2D eigenvalue weighted by atomic mass is 10.1. The molecule has 0 aliphatic carbocycles. The average molecular weight is 397 g/mol. The molecule has 1 aliphatic rings. The van der Waals surface area contributed by atoms with Crippen LogP contribution in [0.5, 0.6) is 11.5 Å². The van der Waals surface area contributed by atoms with Gasteiger partial charge in [-0.2, -0.15) is 0 Å². The lowest BCUT2D eigenvalue weighted by Gasteiger charge is -2.27. The number of thioether (sulfide) groups is 1. The molecule has 0 spiro atoms. The highest BCUT2D eigenvalue weighted by Gasteiger charge is 2.35. The third-order valence-electron chi connectivity index (χ3n) is 4.23. The smallest absolute Gasteiger partial charge is 0.496 e. The van der Waals surface area contributed by atoms with Crippen molar-refractivity contribution in [2.45, 2.75) is 25.2 Å². The second kappa shape index (κ2) is 7.72. The Balaban J connectivity index is 1.82. The van der Waals surface area contributed by atoms with Crippen LogP contribution in [0.2, 0.25) is 0 Å². The molecule has 0 bridgehead atoms. The Hall–Kier alpha value is -2.35. The van der Waals surface area contributed by atoms with E-state index in [1.807, 2.05) is 25.1 Å². The number of halogens is 3. The summed E-state index contributed by atoms with van der Waals surface area (Å²) in [4.78, 5) is 14.1. The molecule has 0 N–H and O–H groups in total. The van der Waals surface area contributed by atoms with E-state index in [1.54, 1.807) is 12.0 Å². The zero-order valence-electron chi connectivity index (χ0n) is 14.7. The summed E-state index contributed by atoms with van der Waals surface area (Å²) in [5.74, 6) is 0.745. The van der Waals surface area contributed by atoms with E-state index in [-0.39, 0.29) is 17.0 Å². The van der Waals surface area contributed by atoms with Gasteiger partial charge in [-0.05, 0) is 36.2 Å². The summed E-state index contributed by atoms with van der Waals surface area (Å²) in [7, 11) is 1.59. The number of aryl methyl sites for hydroxylation is 1. The van der Waals surface area contributed by atoms with Crippen molar-refractivity contribution in [1.82, 2.24) is 4.90 Å². The number of methoxy groups -OCH3 is 1. The summed E-state index contributed by atoms with van der Waals surface area (Å²) in [6, 6.07) is 11.3. The third kappa shape index (κ3) is 4.50. The molecule has 1 fully saturated rings. The summed E-state index contributed by atoms with van der Waals surface area (Å²) in [5, 5.41) is -0.209. The summed E-state index contributed by atoms with van der Waals surface area (Å²) in [6.07, 6.45) is -4.73. The van der Waals surface area contributed by atoms with Crippen LogP contribution in [0.3, 0.4) is 0 Å². The van der Waals surface area contributed by atoms with Gasteiger partial charge in [0.1, 0.15) is 16.9 Å². The fourth-order valence-corrected chi connectivity index (χ4v) is 4.31. The van der Waals surface area contributed by atoms with E-state index in [4.69, 9.17) is 4.74 Å². The van der Waals surface area contributed by atoms with E-state index in [0.717, 1.165) is 16.7 Å². The number of alkyl halides is 3. The van der Waals surface area contributed by atoms with Crippen molar-refractivity contribution in [2.75, 3.05) is 12.9 Å². The zero-order chi connectivity index (χ0) is 19.6. The fraction of sp³-hybridized carbons (Fsp3) is 0.316. The molecule has 1 aliphatic heterocycles.